The minimum atomic E-state index is -1.00. The lowest BCUT2D eigenvalue weighted by molar-refractivity contribution is -0.331. The van der Waals surface area contributed by atoms with Crippen LogP contribution in [0.25, 0.3) is 0 Å². The van der Waals surface area contributed by atoms with Crippen LogP contribution < -0.4 is 0 Å². The molecule has 3 atom stereocenters. The second kappa shape index (κ2) is 5.13. The predicted molar refractivity (Wildman–Crippen MR) is 70.1 cm³/mol. The average Bonchev–Trinajstić information content (AvgIpc) is 2.73. The van der Waals surface area contributed by atoms with Crippen LogP contribution in [-0.2, 0) is 23.7 Å². The second-order valence-corrected chi connectivity index (χ2v) is 5.49. The van der Waals surface area contributed by atoms with Crippen molar-refractivity contribution in [3.8, 4) is 0 Å². The number of esters is 2. The zero-order valence-electron chi connectivity index (χ0n) is 11.8. The third kappa shape index (κ3) is 2.77. The number of rotatable bonds is 2. The molecule has 2 saturated heterocycles. The number of ether oxygens (including phenoxy) is 4. The highest BCUT2D eigenvalue weighted by molar-refractivity contribution is 5.91. The molecular formula is C15H16O6. The van der Waals surface area contributed by atoms with Crippen molar-refractivity contribution in [3.63, 3.8) is 0 Å². The fourth-order valence-electron chi connectivity index (χ4n) is 2.37. The van der Waals surface area contributed by atoms with Gasteiger partial charge in [-0.1, -0.05) is 18.2 Å². The van der Waals surface area contributed by atoms with E-state index < -0.39 is 36.0 Å². The number of benzene rings is 1. The topological polar surface area (TPSA) is 71.1 Å². The van der Waals surface area contributed by atoms with Gasteiger partial charge in [-0.05, 0) is 26.0 Å². The molecule has 2 aliphatic rings. The van der Waals surface area contributed by atoms with Gasteiger partial charge in [0.2, 0.25) is 12.4 Å². The smallest absolute Gasteiger partial charge is 0.350 e. The first-order valence-corrected chi connectivity index (χ1v) is 6.74. The highest BCUT2D eigenvalue weighted by atomic mass is 16.8. The Balaban J connectivity index is 1.71. The van der Waals surface area contributed by atoms with Gasteiger partial charge in [0.05, 0.1) is 18.1 Å². The maximum Gasteiger partial charge on any atom is 0.350 e. The Morgan fingerprint density at radius 3 is 2.71 bits per heavy atom. The minimum Gasteiger partial charge on any atom is -0.446 e. The summed E-state index contributed by atoms with van der Waals surface area (Å²) in [6.07, 6.45) is -1.74. The van der Waals surface area contributed by atoms with Crippen molar-refractivity contribution < 1.29 is 28.5 Å². The van der Waals surface area contributed by atoms with Gasteiger partial charge in [0.1, 0.15) is 0 Å². The fourth-order valence-corrected chi connectivity index (χ4v) is 2.37. The second-order valence-electron chi connectivity index (χ2n) is 5.49. The molecular weight excluding hydrogens is 276 g/mol. The summed E-state index contributed by atoms with van der Waals surface area (Å²) in [7, 11) is 0. The van der Waals surface area contributed by atoms with Crippen molar-refractivity contribution in [2.45, 2.75) is 32.0 Å². The van der Waals surface area contributed by atoms with Crippen LogP contribution in [0.2, 0.25) is 0 Å². The number of hydrogen-bond acceptors (Lipinski definition) is 6. The van der Waals surface area contributed by atoms with E-state index in [1.807, 2.05) is 0 Å². The molecule has 2 aliphatic heterocycles. The molecule has 0 saturated carbocycles. The van der Waals surface area contributed by atoms with Crippen LogP contribution in [0.4, 0.5) is 0 Å². The molecule has 6 heteroatoms. The molecule has 0 aromatic heterocycles. The molecule has 1 aromatic carbocycles. The van der Waals surface area contributed by atoms with Gasteiger partial charge in [0.15, 0.2) is 5.79 Å². The molecule has 3 rings (SSSR count). The van der Waals surface area contributed by atoms with E-state index in [9.17, 15) is 9.59 Å². The van der Waals surface area contributed by atoms with Crippen LogP contribution in [0, 0.1) is 5.92 Å². The summed E-state index contributed by atoms with van der Waals surface area (Å²) < 4.78 is 21.4. The number of hydrogen-bond donors (Lipinski definition) is 0. The van der Waals surface area contributed by atoms with E-state index in [4.69, 9.17) is 18.9 Å². The molecule has 0 N–H and O–H groups in total. The van der Waals surface area contributed by atoms with E-state index in [2.05, 4.69) is 0 Å². The molecule has 0 unspecified atom stereocenters. The molecule has 1 aromatic rings. The predicted octanol–water partition coefficient (Wildman–Crippen LogP) is 1.49. The van der Waals surface area contributed by atoms with Crippen molar-refractivity contribution in [2.24, 2.45) is 5.92 Å². The fraction of sp³-hybridized carbons (Fsp3) is 0.467. The zero-order chi connectivity index (χ0) is 15.0. The molecule has 0 amide bonds. The quantitative estimate of drug-likeness (QED) is 0.769. The number of carbonyl (C=O) groups excluding carboxylic acids is 2. The van der Waals surface area contributed by atoms with Gasteiger partial charge < -0.3 is 18.9 Å². The molecule has 0 spiro atoms. The zero-order valence-corrected chi connectivity index (χ0v) is 11.8. The Morgan fingerprint density at radius 2 is 2.00 bits per heavy atom. The van der Waals surface area contributed by atoms with Crippen LogP contribution in [0.3, 0.4) is 0 Å². The normalized spacial score (nSPS) is 30.4. The van der Waals surface area contributed by atoms with Crippen molar-refractivity contribution in [3.05, 3.63) is 35.9 Å². The molecule has 6 nitrogen and oxygen atoms in total. The van der Waals surface area contributed by atoms with Crippen LogP contribution >= 0.6 is 0 Å². The monoisotopic (exact) mass is 292 g/mol. The van der Waals surface area contributed by atoms with E-state index in [0.29, 0.717) is 5.56 Å². The third-order valence-corrected chi connectivity index (χ3v) is 3.47. The van der Waals surface area contributed by atoms with Gasteiger partial charge >= 0.3 is 11.9 Å². The summed E-state index contributed by atoms with van der Waals surface area (Å²) in [6, 6.07) is 8.49. The highest BCUT2D eigenvalue weighted by Crippen LogP contribution is 2.35. The number of fused-ring (bicyclic) bond motifs is 1. The van der Waals surface area contributed by atoms with Gasteiger partial charge in [0.25, 0.3) is 0 Å². The SMILES string of the molecule is CC1(C)OC[C@@H]2[C@H](OC(=O)[C@@H]2OC(=O)c2ccccc2)O1. The maximum absolute atomic E-state index is 12.0. The standard InChI is InChI=1S/C15H16O6/c1-15(2)18-8-10-11(13(17)20-14(10)21-15)19-12(16)9-6-4-3-5-7-9/h3-7,10-11,14H,8H2,1-2H3/t10-,11+,14+/m0/s1. The molecule has 112 valence electrons. The van der Waals surface area contributed by atoms with Gasteiger partial charge in [-0.25, -0.2) is 9.59 Å². The Bertz CT molecular complexity index is 553. The molecule has 2 heterocycles. The van der Waals surface area contributed by atoms with Gasteiger partial charge in [-0.15, -0.1) is 0 Å². The Labute approximate surface area is 121 Å². The van der Waals surface area contributed by atoms with Gasteiger partial charge in [-0.2, -0.15) is 0 Å². The average molecular weight is 292 g/mol. The van der Waals surface area contributed by atoms with Crippen LogP contribution in [-0.4, -0.2) is 36.7 Å². The first-order valence-electron chi connectivity index (χ1n) is 6.74. The summed E-state index contributed by atoms with van der Waals surface area (Å²) in [5, 5.41) is 0. The Morgan fingerprint density at radius 1 is 1.29 bits per heavy atom. The Hall–Kier alpha value is -1.92. The van der Waals surface area contributed by atoms with Crippen molar-refractivity contribution in [1.29, 1.82) is 0 Å². The molecule has 2 fully saturated rings. The lowest BCUT2D eigenvalue weighted by Crippen LogP contribution is -2.47. The summed E-state index contributed by atoms with van der Waals surface area (Å²) in [4.78, 5) is 23.9. The van der Waals surface area contributed by atoms with Crippen LogP contribution in [0.15, 0.2) is 30.3 Å². The van der Waals surface area contributed by atoms with Crippen molar-refractivity contribution >= 4 is 11.9 Å². The Kier molecular flexibility index (Phi) is 3.43. The summed E-state index contributed by atoms with van der Waals surface area (Å²) >= 11 is 0. The maximum atomic E-state index is 12.0. The summed E-state index contributed by atoms with van der Waals surface area (Å²) in [5.74, 6) is -2.43. The molecule has 21 heavy (non-hydrogen) atoms. The van der Waals surface area contributed by atoms with Gasteiger partial charge in [0, 0.05) is 0 Å². The highest BCUT2D eigenvalue weighted by Gasteiger charge is 2.53. The first kappa shape index (κ1) is 14.0. The number of carbonyl (C=O) groups is 2. The first-order chi connectivity index (χ1) is 9.96. The van der Waals surface area contributed by atoms with Crippen LogP contribution in [0.5, 0.6) is 0 Å². The molecule has 0 radical (unpaired) electrons. The molecule has 0 bridgehead atoms. The van der Waals surface area contributed by atoms with E-state index >= 15 is 0 Å². The lowest BCUT2D eigenvalue weighted by Gasteiger charge is -2.36. The minimum absolute atomic E-state index is 0.232. The molecule has 0 aliphatic carbocycles. The van der Waals surface area contributed by atoms with E-state index in [1.54, 1.807) is 44.2 Å². The van der Waals surface area contributed by atoms with Crippen molar-refractivity contribution in [1.82, 2.24) is 0 Å². The van der Waals surface area contributed by atoms with Crippen LogP contribution in [0.1, 0.15) is 24.2 Å². The third-order valence-electron chi connectivity index (χ3n) is 3.47. The largest absolute Gasteiger partial charge is 0.446 e. The van der Waals surface area contributed by atoms with E-state index in [0.717, 1.165) is 0 Å². The van der Waals surface area contributed by atoms with Gasteiger partial charge in [-0.3, -0.25) is 0 Å². The summed E-state index contributed by atoms with van der Waals surface area (Å²) in [6.45, 7) is 3.71. The van der Waals surface area contributed by atoms with E-state index in [1.165, 1.54) is 0 Å². The van der Waals surface area contributed by atoms with E-state index in [-0.39, 0.29) is 6.61 Å². The lowest BCUT2D eigenvalue weighted by atomic mass is 10.0. The summed E-state index contributed by atoms with van der Waals surface area (Å²) in [5.41, 5.74) is 0.381. The van der Waals surface area contributed by atoms with Crippen molar-refractivity contribution in [2.75, 3.05) is 6.61 Å².